The van der Waals surface area contributed by atoms with Gasteiger partial charge >= 0.3 is 0 Å². The molecule has 0 atom stereocenters. The molecule has 0 saturated carbocycles. The van der Waals surface area contributed by atoms with E-state index in [4.69, 9.17) is 5.26 Å². The highest BCUT2D eigenvalue weighted by Gasteiger charge is 2.18. The van der Waals surface area contributed by atoms with Gasteiger partial charge in [-0.2, -0.15) is 5.26 Å². The van der Waals surface area contributed by atoms with Crippen LogP contribution in [0.1, 0.15) is 17.5 Å². The summed E-state index contributed by atoms with van der Waals surface area (Å²) in [7, 11) is -3.57. The molecule has 0 fully saturated rings. The van der Waals surface area contributed by atoms with Gasteiger partial charge in [0.15, 0.2) is 0 Å². The van der Waals surface area contributed by atoms with E-state index in [2.05, 4.69) is 5.32 Å². The van der Waals surface area contributed by atoms with Crippen molar-refractivity contribution in [3.05, 3.63) is 65.5 Å². The quantitative estimate of drug-likeness (QED) is 0.749. The molecule has 0 aliphatic heterocycles. The lowest BCUT2D eigenvalue weighted by atomic mass is 10.1. The maximum atomic E-state index is 12.9. The highest BCUT2D eigenvalue weighted by Crippen LogP contribution is 2.18. The molecule has 0 saturated heterocycles. The number of carbonyl (C=O) groups excluding carboxylic acids is 1. The van der Waals surface area contributed by atoms with Crippen molar-refractivity contribution in [3.63, 3.8) is 0 Å². The van der Waals surface area contributed by atoms with Crippen molar-refractivity contribution in [2.24, 2.45) is 0 Å². The smallest absolute Gasteiger partial charge is 0.232 e. The average Bonchev–Trinajstić information content (AvgIpc) is 2.63. The van der Waals surface area contributed by atoms with Crippen LogP contribution < -0.4 is 9.62 Å². The molecule has 0 aromatic heterocycles. The standard InChI is InChI=1S/C19H20FN3O3S/c1-27(25,26)23(18-8-4-16(14-21)5-9-18)13-11-19(24)22-12-10-15-2-6-17(20)7-3-15/h2-9H,10-13H2,1H3,(H,22,24). The highest BCUT2D eigenvalue weighted by molar-refractivity contribution is 7.92. The Bertz CT molecular complexity index is 920. The third kappa shape index (κ3) is 6.38. The minimum atomic E-state index is -3.57. The summed E-state index contributed by atoms with van der Waals surface area (Å²) < 4.78 is 38.0. The second-order valence-corrected chi connectivity index (χ2v) is 7.88. The average molecular weight is 389 g/mol. The monoisotopic (exact) mass is 389 g/mol. The van der Waals surface area contributed by atoms with Crippen molar-refractivity contribution >= 4 is 21.6 Å². The minimum absolute atomic E-state index is 0.00348. The van der Waals surface area contributed by atoms with Gasteiger partial charge in [0.1, 0.15) is 5.82 Å². The largest absolute Gasteiger partial charge is 0.356 e. The number of hydrogen-bond donors (Lipinski definition) is 1. The zero-order valence-electron chi connectivity index (χ0n) is 14.9. The molecule has 0 unspecified atom stereocenters. The molecular weight excluding hydrogens is 369 g/mol. The number of sulfonamides is 1. The summed E-state index contributed by atoms with van der Waals surface area (Å²) in [5.74, 6) is -0.592. The number of hydrogen-bond acceptors (Lipinski definition) is 4. The summed E-state index contributed by atoms with van der Waals surface area (Å²) in [6.07, 6.45) is 1.62. The Kier molecular flexibility index (Phi) is 6.91. The first kappa shape index (κ1) is 20.4. The lowest BCUT2D eigenvalue weighted by Gasteiger charge is -2.22. The van der Waals surface area contributed by atoms with Crippen molar-refractivity contribution in [1.29, 1.82) is 5.26 Å². The molecule has 0 aliphatic rings. The van der Waals surface area contributed by atoms with Gasteiger partial charge in [-0.25, -0.2) is 12.8 Å². The summed E-state index contributed by atoms with van der Waals surface area (Å²) in [5.41, 5.74) is 1.72. The van der Waals surface area contributed by atoms with E-state index >= 15 is 0 Å². The van der Waals surface area contributed by atoms with Gasteiger partial charge in [-0.1, -0.05) is 12.1 Å². The Morgan fingerprint density at radius 3 is 2.33 bits per heavy atom. The molecule has 0 radical (unpaired) electrons. The van der Waals surface area contributed by atoms with Crippen LogP contribution in [0.4, 0.5) is 10.1 Å². The summed E-state index contributed by atoms with van der Waals surface area (Å²) >= 11 is 0. The number of amides is 1. The normalized spacial score (nSPS) is 10.9. The zero-order chi connectivity index (χ0) is 19.9. The number of rotatable bonds is 8. The van der Waals surface area contributed by atoms with Crippen molar-refractivity contribution in [1.82, 2.24) is 5.32 Å². The van der Waals surface area contributed by atoms with Gasteiger partial charge in [-0.15, -0.1) is 0 Å². The summed E-state index contributed by atoms with van der Waals surface area (Å²) in [6, 6.07) is 14.1. The van der Waals surface area contributed by atoms with Gasteiger partial charge in [0.2, 0.25) is 15.9 Å². The minimum Gasteiger partial charge on any atom is -0.356 e. The molecule has 2 rings (SSSR count). The number of benzene rings is 2. The molecule has 6 nitrogen and oxygen atoms in total. The Hall–Kier alpha value is -2.92. The van der Waals surface area contributed by atoms with Crippen LogP contribution in [0.25, 0.3) is 0 Å². The molecule has 142 valence electrons. The Labute approximate surface area is 158 Å². The molecule has 8 heteroatoms. The maximum Gasteiger partial charge on any atom is 0.232 e. The fraction of sp³-hybridized carbons (Fsp3) is 0.263. The van der Waals surface area contributed by atoms with Crippen molar-refractivity contribution < 1.29 is 17.6 Å². The van der Waals surface area contributed by atoms with Crippen LogP contribution in [0, 0.1) is 17.1 Å². The lowest BCUT2D eigenvalue weighted by Crippen LogP contribution is -2.35. The van der Waals surface area contributed by atoms with Gasteiger partial charge in [-0.3, -0.25) is 9.10 Å². The Morgan fingerprint density at radius 1 is 1.15 bits per heavy atom. The van der Waals surface area contributed by atoms with Crippen LogP contribution in [0.2, 0.25) is 0 Å². The topological polar surface area (TPSA) is 90.3 Å². The van der Waals surface area contributed by atoms with E-state index in [1.54, 1.807) is 12.1 Å². The van der Waals surface area contributed by atoms with Crippen molar-refractivity contribution in [2.75, 3.05) is 23.7 Å². The van der Waals surface area contributed by atoms with Crippen LogP contribution in [-0.2, 0) is 21.2 Å². The molecule has 1 amide bonds. The van der Waals surface area contributed by atoms with Crippen LogP contribution in [0.15, 0.2) is 48.5 Å². The van der Waals surface area contributed by atoms with E-state index in [1.165, 1.54) is 36.4 Å². The van der Waals surface area contributed by atoms with Crippen molar-refractivity contribution in [3.8, 4) is 6.07 Å². The van der Waals surface area contributed by atoms with Crippen molar-refractivity contribution in [2.45, 2.75) is 12.8 Å². The fourth-order valence-corrected chi connectivity index (χ4v) is 3.41. The Morgan fingerprint density at radius 2 is 1.78 bits per heavy atom. The predicted molar refractivity (Wildman–Crippen MR) is 101 cm³/mol. The molecule has 0 bridgehead atoms. The number of nitrogens with one attached hydrogen (secondary N) is 1. The van der Waals surface area contributed by atoms with Crippen LogP contribution in [-0.4, -0.2) is 33.7 Å². The molecule has 2 aromatic carbocycles. The van der Waals surface area contributed by atoms with E-state index in [0.29, 0.717) is 24.2 Å². The lowest BCUT2D eigenvalue weighted by molar-refractivity contribution is -0.120. The number of carbonyl (C=O) groups is 1. The van der Waals surface area contributed by atoms with Gasteiger partial charge < -0.3 is 5.32 Å². The fourth-order valence-electron chi connectivity index (χ4n) is 2.48. The third-order valence-electron chi connectivity index (χ3n) is 3.88. The van der Waals surface area contributed by atoms with Crippen LogP contribution in [0.3, 0.4) is 0 Å². The van der Waals surface area contributed by atoms with Crippen LogP contribution in [0.5, 0.6) is 0 Å². The Balaban J connectivity index is 1.89. The highest BCUT2D eigenvalue weighted by atomic mass is 32.2. The van der Waals surface area contributed by atoms with E-state index in [1.807, 2.05) is 6.07 Å². The third-order valence-corrected chi connectivity index (χ3v) is 5.07. The summed E-state index contributed by atoms with van der Waals surface area (Å²) in [4.78, 5) is 12.0. The van der Waals surface area contributed by atoms with Gasteiger partial charge in [0.25, 0.3) is 0 Å². The van der Waals surface area contributed by atoms with Gasteiger partial charge in [0, 0.05) is 19.5 Å². The number of nitriles is 1. The van der Waals surface area contributed by atoms with E-state index < -0.39 is 10.0 Å². The second kappa shape index (κ2) is 9.14. The molecule has 0 aliphatic carbocycles. The molecule has 1 N–H and O–H groups in total. The van der Waals surface area contributed by atoms with Crippen LogP contribution >= 0.6 is 0 Å². The SMILES string of the molecule is CS(=O)(=O)N(CCC(=O)NCCc1ccc(F)cc1)c1ccc(C#N)cc1. The number of nitrogens with zero attached hydrogens (tertiary/aromatic N) is 2. The summed E-state index contributed by atoms with van der Waals surface area (Å²) in [6.45, 7) is 0.368. The molecular formula is C19H20FN3O3S. The molecule has 0 spiro atoms. The molecule has 0 heterocycles. The van der Waals surface area contributed by atoms with E-state index in [-0.39, 0.29) is 24.7 Å². The predicted octanol–water partition coefficient (Wildman–Crippen LogP) is 2.21. The number of anilines is 1. The second-order valence-electron chi connectivity index (χ2n) is 5.97. The zero-order valence-corrected chi connectivity index (χ0v) is 15.7. The first-order chi connectivity index (χ1) is 12.8. The van der Waals surface area contributed by atoms with Gasteiger partial charge in [0.05, 0.1) is 23.6 Å². The van der Waals surface area contributed by atoms with E-state index in [0.717, 1.165) is 16.1 Å². The molecule has 2 aromatic rings. The van der Waals surface area contributed by atoms with Gasteiger partial charge in [-0.05, 0) is 48.4 Å². The summed E-state index contributed by atoms with van der Waals surface area (Å²) in [5, 5.41) is 11.6. The first-order valence-electron chi connectivity index (χ1n) is 8.28. The van der Waals surface area contributed by atoms with E-state index in [9.17, 15) is 17.6 Å². The number of halogens is 1. The molecule has 27 heavy (non-hydrogen) atoms. The maximum absolute atomic E-state index is 12.9. The first-order valence-corrected chi connectivity index (χ1v) is 10.1.